The monoisotopic (exact) mass is 372 g/mol. The number of hydrogen-bond acceptors (Lipinski definition) is 5. The van der Waals surface area contributed by atoms with E-state index >= 15 is 0 Å². The van der Waals surface area contributed by atoms with Crippen LogP contribution >= 0.6 is 0 Å². The third kappa shape index (κ3) is 10.1. The molecule has 150 valence electrons. The summed E-state index contributed by atoms with van der Waals surface area (Å²) in [5, 5.41) is 0. The molecule has 0 aromatic carbocycles. The van der Waals surface area contributed by atoms with Crippen molar-refractivity contribution in [1.29, 1.82) is 0 Å². The molecule has 2 rings (SSSR count). The molecule has 1 aromatic heterocycles. The van der Waals surface area contributed by atoms with Crippen LogP contribution in [0.5, 0.6) is 0 Å². The fraction of sp³-hybridized carbons (Fsp3) is 0.636. The third-order valence-corrected chi connectivity index (χ3v) is 4.65. The highest BCUT2D eigenvalue weighted by Crippen LogP contribution is 2.15. The predicted molar refractivity (Wildman–Crippen MR) is 115 cm³/mol. The van der Waals surface area contributed by atoms with Gasteiger partial charge in [0.2, 0.25) is 0 Å². The lowest BCUT2D eigenvalue weighted by atomic mass is 9.99. The zero-order valence-corrected chi connectivity index (χ0v) is 17.7. The molecule has 0 fully saturated rings. The maximum absolute atomic E-state index is 9.62. The second-order valence-corrected chi connectivity index (χ2v) is 7.68. The molecule has 0 saturated carbocycles. The zero-order valence-electron chi connectivity index (χ0n) is 17.7. The van der Waals surface area contributed by atoms with Gasteiger partial charge in [0, 0.05) is 30.1 Å². The van der Waals surface area contributed by atoms with E-state index in [1.165, 1.54) is 25.1 Å². The van der Waals surface area contributed by atoms with Crippen LogP contribution < -0.4 is 0 Å². The maximum atomic E-state index is 9.62. The molecule has 0 saturated heterocycles. The Labute approximate surface area is 165 Å². The van der Waals surface area contributed by atoms with Crippen LogP contribution in [-0.2, 0) is 4.79 Å². The lowest BCUT2D eigenvalue weighted by Crippen LogP contribution is -2.20. The molecule has 0 amide bonds. The van der Waals surface area contributed by atoms with Crippen molar-refractivity contribution >= 4 is 17.8 Å². The summed E-state index contributed by atoms with van der Waals surface area (Å²) in [6.07, 6.45) is 8.75. The van der Waals surface area contributed by atoms with Gasteiger partial charge in [-0.15, -0.1) is 0 Å². The maximum Gasteiger partial charge on any atom is 0.155 e. The summed E-state index contributed by atoms with van der Waals surface area (Å²) in [7, 11) is 2.18. The number of nitrogens with zero attached hydrogens (tertiary/aromatic N) is 4. The van der Waals surface area contributed by atoms with Crippen molar-refractivity contribution in [2.75, 3.05) is 26.7 Å². The number of hydrogen-bond donors (Lipinski definition) is 0. The number of carbonyl (C=O) groups excluding carboxylic acids is 1. The van der Waals surface area contributed by atoms with Crippen LogP contribution in [0.25, 0.3) is 0 Å². The van der Waals surface area contributed by atoms with Crippen LogP contribution in [0.4, 0.5) is 0 Å². The summed E-state index contributed by atoms with van der Waals surface area (Å²) in [4.78, 5) is 25.2. The van der Waals surface area contributed by atoms with Gasteiger partial charge in [0.1, 0.15) is 6.29 Å². The SMILES string of the molecule is CC(C)CC=O.CCN(C)CCC(C)CCC1=NC(c2ccncc2)=NC1. The van der Waals surface area contributed by atoms with Gasteiger partial charge in [0.15, 0.2) is 5.84 Å². The number of carbonyl (C=O) groups is 1. The van der Waals surface area contributed by atoms with Gasteiger partial charge in [-0.05, 0) is 63.4 Å². The Kier molecular flexibility index (Phi) is 11.4. The topological polar surface area (TPSA) is 57.9 Å². The van der Waals surface area contributed by atoms with Crippen molar-refractivity contribution in [1.82, 2.24) is 9.88 Å². The van der Waals surface area contributed by atoms with Crippen molar-refractivity contribution < 1.29 is 4.79 Å². The predicted octanol–water partition coefficient (Wildman–Crippen LogP) is 4.27. The van der Waals surface area contributed by atoms with Crippen LogP contribution in [-0.4, -0.2) is 54.4 Å². The van der Waals surface area contributed by atoms with Crippen molar-refractivity contribution in [3.05, 3.63) is 30.1 Å². The molecule has 0 spiro atoms. The molecule has 2 heterocycles. The second-order valence-electron chi connectivity index (χ2n) is 7.68. The van der Waals surface area contributed by atoms with E-state index in [0.717, 1.165) is 43.1 Å². The van der Waals surface area contributed by atoms with E-state index in [-0.39, 0.29) is 0 Å². The summed E-state index contributed by atoms with van der Waals surface area (Å²) < 4.78 is 0. The van der Waals surface area contributed by atoms with Crippen LogP contribution in [0.15, 0.2) is 34.5 Å². The zero-order chi connectivity index (χ0) is 20.1. The molecular formula is C22H36N4O. The lowest BCUT2D eigenvalue weighted by molar-refractivity contribution is -0.108. The number of aldehydes is 1. The van der Waals surface area contributed by atoms with E-state index < -0.39 is 0 Å². The Morgan fingerprint density at radius 1 is 1.19 bits per heavy atom. The first-order valence-electron chi connectivity index (χ1n) is 10.1. The van der Waals surface area contributed by atoms with E-state index in [2.05, 4.69) is 40.8 Å². The van der Waals surface area contributed by atoms with E-state index in [9.17, 15) is 4.79 Å². The van der Waals surface area contributed by atoms with Gasteiger partial charge in [-0.2, -0.15) is 0 Å². The Bertz CT molecular complexity index is 596. The molecule has 0 aliphatic carbocycles. The molecule has 27 heavy (non-hydrogen) atoms. The van der Waals surface area contributed by atoms with Crippen molar-refractivity contribution in [2.24, 2.45) is 21.8 Å². The average Bonchev–Trinajstić information content (AvgIpc) is 3.14. The molecule has 1 atom stereocenters. The number of aromatic nitrogens is 1. The molecule has 1 aromatic rings. The standard InChI is InChI=1S/C17H26N4.C5H10O/c1-4-21(3)12-9-14(2)5-6-16-13-19-17(20-16)15-7-10-18-11-8-15;1-5(2)3-4-6/h7-8,10-11,14H,4-6,9,12-13H2,1-3H3;4-5H,3H2,1-2H3. The number of pyridine rings is 1. The highest BCUT2D eigenvalue weighted by Gasteiger charge is 2.13. The van der Waals surface area contributed by atoms with Crippen LogP contribution in [0, 0.1) is 11.8 Å². The molecule has 1 aliphatic heterocycles. The minimum Gasteiger partial charge on any atom is -0.307 e. The summed E-state index contributed by atoms with van der Waals surface area (Å²) in [5.74, 6) is 2.14. The highest BCUT2D eigenvalue weighted by molar-refractivity contribution is 6.11. The summed E-state index contributed by atoms with van der Waals surface area (Å²) >= 11 is 0. The number of rotatable bonds is 10. The van der Waals surface area contributed by atoms with Gasteiger partial charge in [-0.3, -0.25) is 9.98 Å². The van der Waals surface area contributed by atoms with Gasteiger partial charge in [-0.25, -0.2) is 4.99 Å². The van der Waals surface area contributed by atoms with Crippen LogP contribution in [0.2, 0.25) is 0 Å². The third-order valence-electron chi connectivity index (χ3n) is 4.65. The molecule has 5 heteroatoms. The number of aliphatic imine (C=N–C) groups is 2. The van der Waals surface area contributed by atoms with E-state index in [1.54, 1.807) is 12.4 Å². The first kappa shape index (κ1) is 23.2. The summed E-state index contributed by atoms with van der Waals surface area (Å²) in [5.41, 5.74) is 2.29. The second kappa shape index (κ2) is 13.3. The average molecular weight is 373 g/mol. The smallest absolute Gasteiger partial charge is 0.155 e. The minimum absolute atomic E-state index is 0.530. The Hall–Kier alpha value is -1.88. The fourth-order valence-corrected chi connectivity index (χ4v) is 2.53. The normalized spacial score (nSPS) is 14.5. The molecule has 0 N–H and O–H groups in total. The molecule has 1 aliphatic rings. The highest BCUT2D eigenvalue weighted by atomic mass is 16.1. The van der Waals surface area contributed by atoms with E-state index in [1.807, 2.05) is 26.0 Å². The summed E-state index contributed by atoms with van der Waals surface area (Å²) in [6.45, 7) is 11.7. The first-order valence-corrected chi connectivity index (χ1v) is 10.1. The molecule has 0 bridgehead atoms. The minimum atomic E-state index is 0.530. The van der Waals surface area contributed by atoms with Gasteiger partial charge in [0.05, 0.1) is 6.54 Å². The number of amidine groups is 1. The largest absolute Gasteiger partial charge is 0.307 e. The van der Waals surface area contributed by atoms with Crippen molar-refractivity contribution in [2.45, 2.75) is 53.4 Å². The first-order chi connectivity index (χ1) is 13.0. The van der Waals surface area contributed by atoms with Gasteiger partial charge < -0.3 is 9.69 Å². The molecule has 0 radical (unpaired) electrons. The van der Waals surface area contributed by atoms with Gasteiger partial charge >= 0.3 is 0 Å². The quantitative estimate of drug-likeness (QED) is 0.576. The van der Waals surface area contributed by atoms with E-state index in [4.69, 9.17) is 0 Å². The lowest BCUT2D eigenvalue weighted by Gasteiger charge is -2.17. The fourth-order valence-electron chi connectivity index (χ4n) is 2.53. The van der Waals surface area contributed by atoms with Crippen LogP contribution in [0.3, 0.4) is 0 Å². The van der Waals surface area contributed by atoms with Crippen molar-refractivity contribution in [3.8, 4) is 0 Å². The van der Waals surface area contributed by atoms with Gasteiger partial charge in [-0.1, -0.05) is 27.7 Å². The van der Waals surface area contributed by atoms with Crippen molar-refractivity contribution in [3.63, 3.8) is 0 Å². The molecule has 5 nitrogen and oxygen atoms in total. The van der Waals surface area contributed by atoms with Crippen LogP contribution in [0.1, 0.15) is 58.9 Å². The Morgan fingerprint density at radius 3 is 2.44 bits per heavy atom. The Balaban J connectivity index is 0.000000527. The van der Waals surface area contributed by atoms with Gasteiger partial charge in [0.25, 0.3) is 0 Å². The Morgan fingerprint density at radius 2 is 1.89 bits per heavy atom. The van der Waals surface area contributed by atoms with E-state index in [0.29, 0.717) is 12.3 Å². The molecular weight excluding hydrogens is 336 g/mol. The summed E-state index contributed by atoms with van der Waals surface area (Å²) in [6, 6.07) is 3.93. The molecule has 1 unspecified atom stereocenters.